The number of carbonyl (C=O) groups excluding carboxylic acids is 1. The van der Waals surface area contributed by atoms with E-state index in [1.54, 1.807) is 4.52 Å². The van der Waals surface area contributed by atoms with Gasteiger partial charge < -0.3 is 5.32 Å². The molecule has 1 aromatic carbocycles. The number of fused-ring (bicyclic) bond motifs is 3. The molecule has 3 aromatic rings. The molecule has 2 aliphatic carbocycles. The van der Waals surface area contributed by atoms with Crippen LogP contribution < -0.4 is 5.32 Å². The number of amides is 1. The molecule has 2 aromatic heterocycles. The van der Waals surface area contributed by atoms with Crippen molar-refractivity contribution in [1.82, 2.24) is 24.9 Å². The molecule has 2 heterocycles. The number of hydrogen-bond acceptors (Lipinski definition) is 5. The average Bonchev–Trinajstić information content (AvgIpc) is 3.48. The number of carbonyl (C=O) groups is 1. The highest BCUT2D eigenvalue weighted by molar-refractivity contribution is 7.98. The van der Waals surface area contributed by atoms with Gasteiger partial charge in [0.1, 0.15) is 0 Å². The number of aryl methyl sites for hydroxylation is 2. The van der Waals surface area contributed by atoms with Crippen molar-refractivity contribution in [1.29, 1.82) is 0 Å². The largest absolute Gasteiger partial charge is 0.349 e. The zero-order valence-corrected chi connectivity index (χ0v) is 19.2. The highest BCUT2D eigenvalue weighted by Gasteiger charge is 2.42. The third kappa shape index (κ3) is 4.07. The molecule has 31 heavy (non-hydrogen) atoms. The molecular formula is C24H29N5OS. The lowest BCUT2D eigenvalue weighted by Crippen LogP contribution is -2.40. The average molecular weight is 436 g/mol. The normalized spacial score (nSPS) is 23.4. The van der Waals surface area contributed by atoms with Crippen LogP contribution in [0.2, 0.25) is 0 Å². The molecule has 0 unspecified atom stereocenters. The van der Waals surface area contributed by atoms with Crippen LogP contribution in [0.15, 0.2) is 35.5 Å². The van der Waals surface area contributed by atoms with Crippen LogP contribution in [0, 0.1) is 31.6 Å². The molecule has 162 valence electrons. The summed E-state index contributed by atoms with van der Waals surface area (Å²) in [5.74, 6) is 3.60. The number of nitrogens with one attached hydrogen (secondary N) is 1. The topological polar surface area (TPSA) is 72.2 Å². The second-order valence-corrected chi connectivity index (χ2v) is 10.1. The summed E-state index contributed by atoms with van der Waals surface area (Å²) < 4.78 is 1.77. The summed E-state index contributed by atoms with van der Waals surface area (Å²) in [5, 5.41) is 8.55. The maximum Gasteiger partial charge on any atom is 0.253 e. The number of nitrogens with zero attached hydrogens (tertiary/aromatic N) is 4. The first kappa shape index (κ1) is 20.5. The number of benzene rings is 1. The lowest BCUT2D eigenvalue weighted by Gasteiger charge is -2.28. The SMILES string of the molecule is Cc1cc(C)n2nc(SCc3ccccc3C(=O)N[C@@H](C)[C@@H]3C[C@H]4CC[C@H]3C4)nc2n1. The Morgan fingerprint density at radius 1 is 1.23 bits per heavy atom. The van der Waals surface area contributed by atoms with E-state index in [1.165, 1.54) is 37.4 Å². The van der Waals surface area contributed by atoms with Gasteiger partial charge in [-0.25, -0.2) is 9.50 Å². The van der Waals surface area contributed by atoms with Crippen molar-refractivity contribution >= 4 is 23.4 Å². The van der Waals surface area contributed by atoms with Gasteiger partial charge in [0.25, 0.3) is 11.7 Å². The minimum Gasteiger partial charge on any atom is -0.349 e. The van der Waals surface area contributed by atoms with E-state index < -0.39 is 0 Å². The van der Waals surface area contributed by atoms with Gasteiger partial charge in [0.15, 0.2) is 0 Å². The number of thioether (sulfide) groups is 1. The van der Waals surface area contributed by atoms with E-state index in [4.69, 9.17) is 0 Å². The van der Waals surface area contributed by atoms with Crippen LogP contribution in [-0.2, 0) is 5.75 Å². The molecule has 0 aliphatic heterocycles. The predicted molar refractivity (Wildman–Crippen MR) is 122 cm³/mol. The smallest absolute Gasteiger partial charge is 0.253 e. The third-order valence-electron chi connectivity index (χ3n) is 7.01. The molecule has 0 saturated heterocycles. The van der Waals surface area contributed by atoms with Gasteiger partial charge in [-0.1, -0.05) is 36.4 Å². The highest BCUT2D eigenvalue weighted by Crippen LogP contribution is 2.49. The standard InChI is InChI=1S/C24H29N5OS/c1-14-10-15(2)29-23(25-14)27-24(28-29)31-13-19-6-4-5-7-20(19)22(30)26-16(3)21-12-17-8-9-18(21)11-17/h4-7,10,16-18,21H,8-9,11-13H2,1-3H3,(H,26,30)/t16-,17-,18-,21-/m0/s1. The second kappa shape index (κ2) is 8.26. The molecule has 2 fully saturated rings. The van der Waals surface area contributed by atoms with Gasteiger partial charge in [-0.2, -0.15) is 4.98 Å². The van der Waals surface area contributed by atoms with E-state index in [2.05, 4.69) is 27.3 Å². The molecule has 0 spiro atoms. The minimum atomic E-state index is 0.0302. The van der Waals surface area contributed by atoms with Crippen LogP contribution in [0.4, 0.5) is 0 Å². The summed E-state index contributed by atoms with van der Waals surface area (Å²) in [6.45, 7) is 6.14. The molecule has 1 amide bonds. The van der Waals surface area contributed by atoms with E-state index in [-0.39, 0.29) is 11.9 Å². The number of aromatic nitrogens is 4. The van der Waals surface area contributed by atoms with Crippen molar-refractivity contribution in [2.24, 2.45) is 17.8 Å². The minimum absolute atomic E-state index is 0.0302. The van der Waals surface area contributed by atoms with Crippen LogP contribution in [0.5, 0.6) is 0 Å². The summed E-state index contributed by atoms with van der Waals surface area (Å²) in [6, 6.07) is 10.1. The van der Waals surface area contributed by atoms with Gasteiger partial charge in [0.05, 0.1) is 0 Å². The van der Waals surface area contributed by atoms with Gasteiger partial charge in [-0.3, -0.25) is 4.79 Å². The highest BCUT2D eigenvalue weighted by atomic mass is 32.2. The van der Waals surface area contributed by atoms with Crippen molar-refractivity contribution in [3.05, 3.63) is 52.8 Å². The molecule has 4 atom stereocenters. The molecule has 7 heteroatoms. The van der Waals surface area contributed by atoms with Crippen molar-refractivity contribution in [3.8, 4) is 0 Å². The Hall–Kier alpha value is -2.41. The fourth-order valence-corrected chi connectivity index (χ4v) is 6.34. The predicted octanol–water partition coefficient (Wildman–Crippen LogP) is 4.59. The van der Waals surface area contributed by atoms with E-state index in [9.17, 15) is 4.79 Å². The van der Waals surface area contributed by atoms with Gasteiger partial charge in [0, 0.05) is 28.7 Å². The maximum atomic E-state index is 13.1. The second-order valence-electron chi connectivity index (χ2n) is 9.19. The van der Waals surface area contributed by atoms with Crippen LogP contribution >= 0.6 is 11.8 Å². The summed E-state index contributed by atoms with van der Waals surface area (Å²) in [5.41, 5.74) is 3.69. The number of hydrogen-bond donors (Lipinski definition) is 1. The Bertz CT molecular complexity index is 1130. The Balaban J connectivity index is 1.28. The third-order valence-corrected chi connectivity index (χ3v) is 7.90. The Morgan fingerprint density at radius 3 is 2.84 bits per heavy atom. The Kier molecular flexibility index (Phi) is 5.46. The lowest BCUT2D eigenvalue weighted by atomic mass is 9.84. The first-order valence-corrected chi connectivity index (χ1v) is 12.2. The molecule has 6 nitrogen and oxygen atoms in total. The molecule has 0 radical (unpaired) electrons. The van der Waals surface area contributed by atoms with Crippen molar-refractivity contribution in [3.63, 3.8) is 0 Å². The molecule has 2 aliphatic rings. The summed E-state index contributed by atoms with van der Waals surface area (Å²) in [7, 11) is 0. The Morgan fingerprint density at radius 2 is 2.06 bits per heavy atom. The van der Waals surface area contributed by atoms with E-state index in [0.717, 1.165) is 34.4 Å². The van der Waals surface area contributed by atoms with E-state index in [0.29, 0.717) is 22.6 Å². The fraction of sp³-hybridized carbons (Fsp3) is 0.500. The van der Waals surface area contributed by atoms with Crippen LogP contribution in [0.25, 0.3) is 5.78 Å². The van der Waals surface area contributed by atoms with Gasteiger partial charge in [-0.15, -0.1) is 5.10 Å². The summed E-state index contributed by atoms with van der Waals surface area (Å²) in [6.07, 6.45) is 5.35. The molecular weight excluding hydrogens is 406 g/mol. The number of rotatable bonds is 6. The molecule has 1 N–H and O–H groups in total. The summed E-state index contributed by atoms with van der Waals surface area (Å²) in [4.78, 5) is 22.1. The van der Waals surface area contributed by atoms with Crippen molar-refractivity contribution < 1.29 is 4.79 Å². The monoisotopic (exact) mass is 435 g/mol. The van der Waals surface area contributed by atoms with Crippen LogP contribution in [0.3, 0.4) is 0 Å². The van der Waals surface area contributed by atoms with Crippen LogP contribution in [0.1, 0.15) is 59.9 Å². The van der Waals surface area contributed by atoms with E-state index in [1.807, 2.05) is 44.2 Å². The molecule has 2 bridgehead atoms. The quantitative estimate of drug-likeness (QED) is 0.574. The molecule has 2 saturated carbocycles. The fourth-order valence-electron chi connectivity index (χ4n) is 5.52. The lowest BCUT2D eigenvalue weighted by molar-refractivity contribution is 0.0914. The van der Waals surface area contributed by atoms with Crippen molar-refractivity contribution in [2.45, 2.75) is 63.4 Å². The van der Waals surface area contributed by atoms with Gasteiger partial charge >= 0.3 is 0 Å². The first-order chi connectivity index (χ1) is 15.0. The first-order valence-electron chi connectivity index (χ1n) is 11.2. The van der Waals surface area contributed by atoms with Crippen molar-refractivity contribution in [2.75, 3.05) is 0 Å². The Labute approximate surface area is 187 Å². The van der Waals surface area contributed by atoms with Gasteiger partial charge in [0.2, 0.25) is 5.16 Å². The zero-order valence-electron chi connectivity index (χ0n) is 18.3. The molecule has 5 rings (SSSR count). The zero-order chi connectivity index (χ0) is 21.5. The van der Waals surface area contributed by atoms with Crippen LogP contribution in [-0.4, -0.2) is 31.5 Å². The van der Waals surface area contributed by atoms with E-state index >= 15 is 0 Å². The summed E-state index contributed by atoms with van der Waals surface area (Å²) >= 11 is 1.54. The van der Waals surface area contributed by atoms with Gasteiger partial charge in [-0.05, 0) is 75.5 Å². The maximum absolute atomic E-state index is 13.1.